The number of imide groups is 1. The van der Waals surface area contributed by atoms with E-state index in [2.05, 4.69) is 22.8 Å². The van der Waals surface area contributed by atoms with Crippen LogP contribution in [0.2, 0.25) is 0 Å². The van der Waals surface area contributed by atoms with Crippen molar-refractivity contribution in [2.75, 3.05) is 25.0 Å². The predicted octanol–water partition coefficient (Wildman–Crippen LogP) is 2.80. The summed E-state index contributed by atoms with van der Waals surface area (Å²) in [6, 6.07) is 15.2. The van der Waals surface area contributed by atoms with Crippen LogP contribution < -0.4 is 16.4 Å². The number of hydrogen-bond donors (Lipinski definition) is 3. The molecule has 1 heterocycles. The lowest BCUT2D eigenvalue weighted by Crippen LogP contribution is -2.41. The summed E-state index contributed by atoms with van der Waals surface area (Å²) in [6.45, 7) is 5.47. The van der Waals surface area contributed by atoms with Crippen molar-refractivity contribution in [1.29, 1.82) is 0 Å². The maximum absolute atomic E-state index is 12.2. The van der Waals surface area contributed by atoms with Crippen LogP contribution in [0, 0.1) is 13.8 Å². The predicted molar refractivity (Wildman–Crippen MR) is 114 cm³/mol. The van der Waals surface area contributed by atoms with Gasteiger partial charge in [-0.25, -0.2) is 4.79 Å². The van der Waals surface area contributed by atoms with E-state index in [0.29, 0.717) is 18.8 Å². The number of amides is 3. The average molecular weight is 403 g/mol. The second-order valence-electron chi connectivity index (χ2n) is 7.18. The molecule has 0 aliphatic carbocycles. The summed E-state index contributed by atoms with van der Waals surface area (Å²) in [4.78, 5) is 26.3. The molecule has 150 valence electrons. The molecule has 0 saturated carbocycles. The molecule has 7 heteroatoms. The minimum atomic E-state index is -0.522. The van der Waals surface area contributed by atoms with E-state index >= 15 is 0 Å². The van der Waals surface area contributed by atoms with Crippen molar-refractivity contribution in [3.05, 3.63) is 65.2 Å². The highest BCUT2D eigenvalue weighted by molar-refractivity contribution is 6.01. The van der Waals surface area contributed by atoms with Gasteiger partial charge in [0.05, 0.1) is 6.54 Å². The van der Waals surface area contributed by atoms with Gasteiger partial charge < -0.3 is 11.1 Å². The van der Waals surface area contributed by atoms with Gasteiger partial charge in [-0.15, -0.1) is 12.4 Å². The van der Waals surface area contributed by atoms with Gasteiger partial charge in [-0.3, -0.25) is 15.0 Å². The zero-order valence-electron chi connectivity index (χ0n) is 16.1. The summed E-state index contributed by atoms with van der Waals surface area (Å²) in [5, 5.41) is 5.08. The third-order valence-corrected chi connectivity index (χ3v) is 5.05. The molecule has 2 aromatic rings. The van der Waals surface area contributed by atoms with Gasteiger partial charge in [0.25, 0.3) is 0 Å². The second-order valence-corrected chi connectivity index (χ2v) is 7.18. The number of nitrogens with zero attached hydrogens (tertiary/aromatic N) is 1. The zero-order valence-corrected chi connectivity index (χ0v) is 17.0. The molecule has 3 rings (SSSR count). The summed E-state index contributed by atoms with van der Waals surface area (Å²) in [5.74, 6) is -0.138. The van der Waals surface area contributed by atoms with Gasteiger partial charge in [-0.05, 0) is 42.7 Å². The summed E-state index contributed by atoms with van der Waals surface area (Å²) < 4.78 is 0. The third kappa shape index (κ3) is 5.55. The number of urea groups is 1. The van der Waals surface area contributed by atoms with E-state index in [1.54, 1.807) is 0 Å². The number of aryl methyl sites for hydroxylation is 2. The molecule has 28 heavy (non-hydrogen) atoms. The summed E-state index contributed by atoms with van der Waals surface area (Å²) >= 11 is 0. The van der Waals surface area contributed by atoms with E-state index in [0.717, 1.165) is 11.1 Å². The Kier molecular flexibility index (Phi) is 7.57. The number of likely N-dealkylation sites (tertiary alicyclic amines) is 1. The van der Waals surface area contributed by atoms with Gasteiger partial charge in [0.15, 0.2) is 0 Å². The number of benzene rings is 2. The van der Waals surface area contributed by atoms with Crippen LogP contribution in [0.5, 0.6) is 0 Å². The van der Waals surface area contributed by atoms with Gasteiger partial charge in [-0.2, -0.15) is 0 Å². The van der Waals surface area contributed by atoms with E-state index in [1.165, 1.54) is 5.56 Å². The van der Waals surface area contributed by atoms with Crippen molar-refractivity contribution < 1.29 is 9.59 Å². The molecule has 1 aliphatic rings. The van der Waals surface area contributed by atoms with Gasteiger partial charge in [0, 0.05) is 30.7 Å². The van der Waals surface area contributed by atoms with E-state index < -0.39 is 6.03 Å². The van der Waals surface area contributed by atoms with Gasteiger partial charge in [0.1, 0.15) is 0 Å². The standard InChI is InChI=1S/C21H26N4O2.ClH/c1-14-8-9-17(10-15(14)2)23-21(27)24-20(26)13-25-11-18(19(22)12-25)16-6-4-3-5-7-16;/h3-10,18-19H,11-13,22H2,1-2H3,(H2,23,24,26,27);1H/t18-,19+;/m0./s1. The first-order valence-corrected chi connectivity index (χ1v) is 9.13. The highest BCUT2D eigenvalue weighted by Crippen LogP contribution is 2.25. The molecule has 3 amide bonds. The molecule has 0 unspecified atom stereocenters. The number of anilines is 1. The first-order chi connectivity index (χ1) is 12.9. The molecule has 0 aromatic heterocycles. The first kappa shape index (κ1) is 21.9. The van der Waals surface area contributed by atoms with E-state index in [4.69, 9.17) is 5.73 Å². The molecule has 2 atom stereocenters. The minimum Gasteiger partial charge on any atom is -0.326 e. The lowest BCUT2D eigenvalue weighted by molar-refractivity contribution is -0.120. The minimum absolute atomic E-state index is 0. The molecule has 0 radical (unpaired) electrons. The van der Waals surface area contributed by atoms with Crippen molar-refractivity contribution in [3.8, 4) is 0 Å². The zero-order chi connectivity index (χ0) is 19.4. The van der Waals surface area contributed by atoms with Crippen LogP contribution >= 0.6 is 12.4 Å². The Morgan fingerprint density at radius 2 is 1.79 bits per heavy atom. The third-order valence-electron chi connectivity index (χ3n) is 5.05. The van der Waals surface area contributed by atoms with Crippen LogP contribution in [0.4, 0.5) is 10.5 Å². The number of carbonyl (C=O) groups excluding carboxylic acids is 2. The summed E-state index contributed by atoms with van der Waals surface area (Å²) in [5.41, 5.74) is 10.3. The molecule has 6 nitrogen and oxygen atoms in total. The smallest absolute Gasteiger partial charge is 0.325 e. The Balaban J connectivity index is 0.00000280. The molecule has 0 bridgehead atoms. The van der Waals surface area contributed by atoms with Crippen LogP contribution in [0.25, 0.3) is 0 Å². The maximum Gasteiger partial charge on any atom is 0.325 e. The number of carbonyl (C=O) groups is 2. The van der Waals surface area contributed by atoms with Crippen molar-refractivity contribution >= 4 is 30.0 Å². The molecule has 0 spiro atoms. The molecular weight excluding hydrogens is 376 g/mol. The van der Waals surface area contributed by atoms with Crippen LogP contribution in [0.15, 0.2) is 48.5 Å². The van der Waals surface area contributed by atoms with E-state index in [-0.39, 0.29) is 36.8 Å². The Bertz CT molecular complexity index is 828. The van der Waals surface area contributed by atoms with Crippen LogP contribution in [-0.4, -0.2) is 42.5 Å². The molecule has 4 N–H and O–H groups in total. The maximum atomic E-state index is 12.2. The van der Waals surface area contributed by atoms with Crippen molar-refractivity contribution in [1.82, 2.24) is 10.2 Å². The largest absolute Gasteiger partial charge is 0.326 e. The molecular formula is C21H27ClN4O2. The topological polar surface area (TPSA) is 87.5 Å². The van der Waals surface area contributed by atoms with Gasteiger partial charge in [0.2, 0.25) is 5.91 Å². The lowest BCUT2D eigenvalue weighted by Gasteiger charge is -2.16. The van der Waals surface area contributed by atoms with Crippen LogP contribution in [-0.2, 0) is 4.79 Å². The monoisotopic (exact) mass is 402 g/mol. The van der Waals surface area contributed by atoms with Crippen LogP contribution in [0.3, 0.4) is 0 Å². The average Bonchev–Trinajstić information content (AvgIpc) is 2.98. The first-order valence-electron chi connectivity index (χ1n) is 9.13. The van der Waals surface area contributed by atoms with Gasteiger partial charge in [-0.1, -0.05) is 36.4 Å². The lowest BCUT2D eigenvalue weighted by atomic mass is 9.95. The highest BCUT2D eigenvalue weighted by atomic mass is 35.5. The molecule has 1 fully saturated rings. The fraction of sp³-hybridized carbons (Fsp3) is 0.333. The Labute approximate surface area is 171 Å². The second kappa shape index (κ2) is 9.68. The Morgan fingerprint density at radius 1 is 1.07 bits per heavy atom. The Hall–Kier alpha value is -2.41. The number of nitrogens with two attached hydrogens (primary N) is 1. The van der Waals surface area contributed by atoms with E-state index in [1.807, 2.05) is 55.1 Å². The Morgan fingerprint density at radius 3 is 2.46 bits per heavy atom. The van der Waals surface area contributed by atoms with Gasteiger partial charge >= 0.3 is 6.03 Å². The molecule has 1 aliphatic heterocycles. The fourth-order valence-electron chi connectivity index (χ4n) is 3.45. The quantitative estimate of drug-likeness (QED) is 0.733. The number of rotatable bonds is 4. The number of halogens is 1. The normalized spacial score (nSPS) is 19.0. The van der Waals surface area contributed by atoms with Crippen molar-refractivity contribution in [3.63, 3.8) is 0 Å². The number of nitrogens with one attached hydrogen (secondary N) is 2. The molecule has 1 saturated heterocycles. The highest BCUT2D eigenvalue weighted by Gasteiger charge is 2.32. The summed E-state index contributed by atoms with van der Waals surface area (Å²) in [6.07, 6.45) is 0. The molecule has 2 aromatic carbocycles. The fourth-order valence-corrected chi connectivity index (χ4v) is 3.45. The van der Waals surface area contributed by atoms with E-state index in [9.17, 15) is 9.59 Å². The SMILES string of the molecule is Cc1ccc(NC(=O)NC(=O)CN2C[C@@H](N)[C@H](c3ccccc3)C2)cc1C.Cl. The number of hydrogen-bond acceptors (Lipinski definition) is 4. The van der Waals surface area contributed by atoms with Crippen LogP contribution in [0.1, 0.15) is 22.6 Å². The van der Waals surface area contributed by atoms with Crippen molar-refractivity contribution in [2.45, 2.75) is 25.8 Å². The van der Waals surface area contributed by atoms with Crippen molar-refractivity contribution in [2.24, 2.45) is 5.73 Å². The summed E-state index contributed by atoms with van der Waals surface area (Å²) in [7, 11) is 0.